The zero-order valence-electron chi connectivity index (χ0n) is 9.06. The zero-order valence-corrected chi connectivity index (χ0v) is 9.87. The Morgan fingerprint density at radius 2 is 2.25 bits per heavy atom. The number of carbonyl (C=O) groups is 2. The Labute approximate surface area is 97.5 Å². The third kappa shape index (κ3) is 3.51. The van der Waals surface area contributed by atoms with Crippen LogP contribution in [-0.2, 0) is 14.3 Å². The number of carbonyl (C=O) groups excluding carboxylic acids is 2. The molecule has 0 fully saturated rings. The molecule has 0 unspecified atom stereocenters. The molecule has 0 spiro atoms. The average molecular weight is 240 g/mol. The van der Waals surface area contributed by atoms with E-state index in [0.29, 0.717) is 12.2 Å². The van der Waals surface area contributed by atoms with Crippen LogP contribution >= 0.6 is 11.3 Å². The first-order valence-corrected chi connectivity index (χ1v) is 5.57. The highest BCUT2D eigenvalue weighted by atomic mass is 32.1. The third-order valence-electron chi connectivity index (χ3n) is 1.71. The van der Waals surface area contributed by atoms with E-state index in [4.69, 9.17) is 4.74 Å². The number of ether oxygens (including phenoxy) is 2. The second kappa shape index (κ2) is 6.07. The topological polar surface area (TPSA) is 52.6 Å². The second-order valence-electron chi connectivity index (χ2n) is 2.81. The van der Waals surface area contributed by atoms with Crippen molar-refractivity contribution in [1.29, 1.82) is 0 Å². The smallest absolute Gasteiger partial charge is 0.338 e. The van der Waals surface area contributed by atoms with Crippen molar-refractivity contribution in [3.8, 4) is 0 Å². The molecule has 1 aromatic rings. The molecule has 1 heterocycles. The lowest BCUT2D eigenvalue weighted by atomic mass is 10.3. The minimum atomic E-state index is -0.393. The van der Waals surface area contributed by atoms with Gasteiger partial charge in [-0.25, -0.2) is 9.59 Å². The SMILES string of the molecule is CCOC(=O)C=Cc1cc(C(=O)OC)cs1. The van der Waals surface area contributed by atoms with E-state index in [1.54, 1.807) is 24.4 Å². The molecule has 0 bridgehead atoms. The van der Waals surface area contributed by atoms with Crippen molar-refractivity contribution in [2.24, 2.45) is 0 Å². The lowest BCUT2D eigenvalue weighted by Crippen LogP contribution is -1.98. The first-order valence-electron chi connectivity index (χ1n) is 4.69. The van der Waals surface area contributed by atoms with Crippen LogP contribution in [0.4, 0.5) is 0 Å². The molecule has 0 atom stereocenters. The monoisotopic (exact) mass is 240 g/mol. The van der Waals surface area contributed by atoms with Gasteiger partial charge in [0.1, 0.15) is 0 Å². The van der Waals surface area contributed by atoms with E-state index < -0.39 is 5.97 Å². The molecule has 1 aromatic heterocycles. The van der Waals surface area contributed by atoms with Crippen LogP contribution in [0.3, 0.4) is 0 Å². The summed E-state index contributed by atoms with van der Waals surface area (Å²) in [6, 6.07) is 1.66. The standard InChI is InChI=1S/C11H12O4S/c1-3-15-10(12)5-4-9-6-8(7-16-9)11(13)14-2/h4-7H,3H2,1-2H3. The van der Waals surface area contributed by atoms with Crippen LogP contribution < -0.4 is 0 Å². The number of methoxy groups -OCH3 is 1. The molecule has 5 heteroatoms. The van der Waals surface area contributed by atoms with Crippen molar-refractivity contribution >= 4 is 29.4 Å². The van der Waals surface area contributed by atoms with Crippen molar-refractivity contribution in [3.05, 3.63) is 28.0 Å². The van der Waals surface area contributed by atoms with Gasteiger partial charge in [0.25, 0.3) is 0 Å². The number of hydrogen-bond acceptors (Lipinski definition) is 5. The van der Waals surface area contributed by atoms with Gasteiger partial charge >= 0.3 is 11.9 Å². The predicted molar refractivity (Wildman–Crippen MR) is 61.3 cm³/mol. The molecule has 0 saturated carbocycles. The van der Waals surface area contributed by atoms with Crippen LogP contribution in [0.2, 0.25) is 0 Å². The first kappa shape index (κ1) is 12.4. The van der Waals surface area contributed by atoms with Crippen molar-refractivity contribution in [3.63, 3.8) is 0 Å². The van der Waals surface area contributed by atoms with Crippen LogP contribution in [0.25, 0.3) is 6.08 Å². The van der Waals surface area contributed by atoms with Crippen LogP contribution in [0.15, 0.2) is 17.5 Å². The fourth-order valence-corrected chi connectivity index (χ4v) is 1.77. The molecule has 0 aromatic carbocycles. The predicted octanol–water partition coefficient (Wildman–Crippen LogP) is 2.11. The van der Waals surface area contributed by atoms with Gasteiger partial charge in [0.05, 0.1) is 19.3 Å². The molecule has 0 aliphatic carbocycles. The molecule has 16 heavy (non-hydrogen) atoms. The van der Waals surface area contributed by atoms with Gasteiger partial charge < -0.3 is 9.47 Å². The largest absolute Gasteiger partial charge is 0.465 e. The molecule has 0 N–H and O–H groups in total. The number of esters is 2. The fraction of sp³-hybridized carbons (Fsp3) is 0.273. The van der Waals surface area contributed by atoms with E-state index >= 15 is 0 Å². The molecule has 0 radical (unpaired) electrons. The summed E-state index contributed by atoms with van der Waals surface area (Å²) in [5, 5.41) is 1.68. The van der Waals surface area contributed by atoms with Gasteiger partial charge in [0.2, 0.25) is 0 Å². The molecule has 0 amide bonds. The minimum absolute atomic E-state index is 0.348. The Morgan fingerprint density at radius 3 is 2.88 bits per heavy atom. The molecule has 0 saturated heterocycles. The molecule has 0 aliphatic rings. The summed E-state index contributed by atoms with van der Waals surface area (Å²) >= 11 is 1.36. The summed E-state index contributed by atoms with van der Waals surface area (Å²) in [5.74, 6) is -0.775. The second-order valence-corrected chi connectivity index (χ2v) is 3.76. The van der Waals surface area contributed by atoms with Gasteiger partial charge in [-0.05, 0) is 19.1 Å². The number of thiophene rings is 1. The zero-order chi connectivity index (χ0) is 12.0. The van der Waals surface area contributed by atoms with Crippen LogP contribution in [0, 0.1) is 0 Å². The summed E-state index contributed by atoms with van der Waals surface area (Å²) in [6.07, 6.45) is 2.94. The van der Waals surface area contributed by atoms with E-state index in [2.05, 4.69) is 4.74 Å². The van der Waals surface area contributed by atoms with Crippen LogP contribution in [0.5, 0.6) is 0 Å². The van der Waals surface area contributed by atoms with Gasteiger partial charge in [-0.2, -0.15) is 0 Å². The van der Waals surface area contributed by atoms with Crippen molar-refractivity contribution in [2.75, 3.05) is 13.7 Å². The average Bonchev–Trinajstić information content (AvgIpc) is 2.74. The maximum atomic E-state index is 11.1. The van der Waals surface area contributed by atoms with Gasteiger partial charge in [0, 0.05) is 16.3 Å². The summed E-state index contributed by atoms with van der Waals surface area (Å²) < 4.78 is 9.29. The van der Waals surface area contributed by atoms with Gasteiger partial charge in [0.15, 0.2) is 0 Å². The van der Waals surface area contributed by atoms with Crippen molar-refractivity contribution in [1.82, 2.24) is 0 Å². The van der Waals surface area contributed by atoms with E-state index in [-0.39, 0.29) is 5.97 Å². The minimum Gasteiger partial charge on any atom is -0.465 e. The highest BCUT2D eigenvalue weighted by Gasteiger charge is 2.07. The third-order valence-corrected chi connectivity index (χ3v) is 2.61. The van der Waals surface area contributed by atoms with Crippen LogP contribution in [-0.4, -0.2) is 25.7 Å². The Morgan fingerprint density at radius 1 is 1.50 bits per heavy atom. The summed E-state index contributed by atoms with van der Waals surface area (Å²) in [6.45, 7) is 2.09. The van der Waals surface area contributed by atoms with Crippen LogP contribution in [0.1, 0.15) is 22.2 Å². The number of hydrogen-bond donors (Lipinski definition) is 0. The lowest BCUT2D eigenvalue weighted by molar-refractivity contribution is -0.137. The van der Waals surface area contributed by atoms with E-state index in [1.807, 2.05) is 0 Å². The van der Waals surface area contributed by atoms with E-state index in [9.17, 15) is 9.59 Å². The van der Waals surface area contributed by atoms with Crippen molar-refractivity contribution in [2.45, 2.75) is 6.92 Å². The lowest BCUT2D eigenvalue weighted by Gasteiger charge is -1.93. The van der Waals surface area contributed by atoms with E-state index in [0.717, 1.165) is 4.88 Å². The van der Waals surface area contributed by atoms with E-state index in [1.165, 1.54) is 24.5 Å². The normalized spacial score (nSPS) is 10.4. The Hall–Kier alpha value is -1.62. The molecule has 86 valence electrons. The summed E-state index contributed by atoms with van der Waals surface area (Å²) in [5.41, 5.74) is 0.482. The maximum Gasteiger partial charge on any atom is 0.338 e. The van der Waals surface area contributed by atoms with Gasteiger partial charge in [-0.3, -0.25) is 0 Å². The molecule has 4 nitrogen and oxygen atoms in total. The summed E-state index contributed by atoms with van der Waals surface area (Å²) in [4.78, 5) is 23.0. The maximum absolute atomic E-state index is 11.1. The molecular weight excluding hydrogens is 228 g/mol. The summed E-state index contributed by atoms with van der Waals surface area (Å²) in [7, 11) is 1.33. The Balaban J connectivity index is 2.65. The number of rotatable bonds is 4. The Bertz CT molecular complexity index is 406. The Kier molecular flexibility index (Phi) is 4.72. The van der Waals surface area contributed by atoms with Gasteiger partial charge in [-0.1, -0.05) is 0 Å². The first-order chi connectivity index (χ1) is 7.67. The molecular formula is C11H12O4S. The quantitative estimate of drug-likeness (QED) is 0.597. The molecule has 1 rings (SSSR count). The molecule has 0 aliphatic heterocycles. The fourth-order valence-electron chi connectivity index (χ4n) is 1.01. The highest BCUT2D eigenvalue weighted by molar-refractivity contribution is 7.11. The highest BCUT2D eigenvalue weighted by Crippen LogP contribution is 2.16. The van der Waals surface area contributed by atoms with Crippen molar-refractivity contribution < 1.29 is 19.1 Å². The van der Waals surface area contributed by atoms with Gasteiger partial charge in [-0.15, -0.1) is 11.3 Å².